The van der Waals surface area contributed by atoms with Crippen LogP contribution in [0.15, 0.2) is 48.5 Å². The number of halogens is 1. The first-order valence-corrected chi connectivity index (χ1v) is 8.02. The second kappa shape index (κ2) is 6.93. The Morgan fingerprint density at radius 2 is 1.84 bits per heavy atom. The van der Waals surface area contributed by atoms with E-state index < -0.39 is 11.8 Å². The van der Waals surface area contributed by atoms with Gasteiger partial charge in [0.25, 0.3) is 0 Å². The van der Waals surface area contributed by atoms with E-state index in [0.717, 1.165) is 18.4 Å². The number of amides is 2. The van der Waals surface area contributed by atoms with Gasteiger partial charge in [0, 0.05) is 23.7 Å². The molecule has 1 aliphatic carbocycles. The molecule has 0 spiro atoms. The van der Waals surface area contributed by atoms with Gasteiger partial charge in [0.05, 0.1) is 7.11 Å². The van der Waals surface area contributed by atoms with Gasteiger partial charge in [-0.25, -0.2) is 4.39 Å². The van der Waals surface area contributed by atoms with Crippen molar-refractivity contribution in [3.63, 3.8) is 0 Å². The SMILES string of the molecule is COc1cccc(NC(=O)C(=O)NCC2(c3ccc(F)cc3)CC2)c1. The summed E-state index contributed by atoms with van der Waals surface area (Å²) in [5.74, 6) is -1.13. The zero-order chi connectivity index (χ0) is 17.9. The molecule has 2 aromatic carbocycles. The summed E-state index contributed by atoms with van der Waals surface area (Å²) in [5.41, 5.74) is 1.26. The molecule has 0 aliphatic heterocycles. The number of rotatable bonds is 5. The van der Waals surface area contributed by atoms with Crippen LogP contribution in [0.3, 0.4) is 0 Å². The van der Waals surface area contributed by atoms with E-state index in [1.807, 2.05) is 0 Å². The Labute approximate surface area is 145 Å². The van der Waals surface area contributed by atoms with Crippen molar-refractivity contribution in [3.8, 4) is 5.75 Å². The highest BCUT2D eigenvalue weighted by Crippen LogP contribution is 2.47. The van der Waals surface area contributed by atoms with Crippen LogP contribution in [0.1, 0.15) is 18.4 Å². The van der Waals surface area contributed by atoms with Gasteiger partial charge in [-0.15, -0.1) is 0 Å². The van der Waals surface area contributed by atoms with Crippen molar-refractivity contribution in [1.82, 2.24) is 5.32 Å². The summed E-state index contributed by atoms with van der Waals surface area (Å²) in [6, 6.07) is 13.0. The van der Waals surface area contributed by atoms with E-state index in [2.05, 4.69) is 10.6 Å². The van der Waals surface area contributed by atoms with Gasteiger partial charge >= 0.3 is 11.8 Å². The third kappa shape index (κ3) is 3.96. The van der Waals surface area contributed by atoms with E-state index in [4.69, 9.17) is 4.74 Å². The molecule has 130 valence electrons. The van der Waals surface area contributed by atoms with Gasteiger partial charge in [0.1, 0.15) is 11.6 Å². The van der Waals surface area contributed by atoms with Crippen molar-refractivity contribution in [2.45, 2.75) is 18.3 Å². The maximum absolute atomic E-state index is 13.0. The topological polar surface area (TPSA) is 67.4 Å². The number of hydrogen-bond donors (Lipinski definition) is 2. The van der Waals surface area contributed by atoms with Crippen LogP contribution in [-0.4, -0.2) is 25.5 Å². The number of carbonyl (C=O) groups excluding carboxylic acids is 2. The quantitative estimate of drug-likeness (QED) is 0.821. The maximum Gasteiger partial charge on any atom is 0.313 e. The molecule has 0 heterocycles. The van der Waals surface area contributed by atoms with Crippen LogP contribution in [-0.2, 0) is 15.0 Å². The Balaban J connectivity index is 1.57. The van der Waals surface area contributed by atoms with Crippen LogP contribution < -0.4 is 15.4 Å². The van der Waals surface area contributed by atoms with Crippen LogP contribution in [0.25, 0.3) is 0 Å². The number of hydrogen-bond acceptors (Lipinski definition) is 3. The van der Waals surface area contributed by atoms with Crippen molar-refractivity contribution in [2.75, 3.05) is 19.0 Å². The Bertz CT molecular complexity index is 786. The molecule has 2 N–H and O–H groups in total. The molecule has 0 atom stereocenters. The van der Waals surface area contributed by atoms with Crippen molar-refractivity contribution in [2.24, 2.45) is 0 Å². The van der Waals surface area contributed by atoms with E-state index in [1.165, 1.54) is 19.2 Å². The van der Waals surface area contributed by atoms with Crippen LogP contribution >= 0.6 is 0 Å². The van der Waals surface area contributed by atoms with Crippen molar-refractivity contribution in [1.29, 1.82) is 0 Å². The van der Waals surface area contributed by atoms with Gasteiger partial charge in [-0.3, -0.25) is 9.59 Å². The molecule has 0 saturated heterocycles. The molecule has 0 bridgehead atoms. The molecule has 6 heteroatoms. The molecule has 2 aromatic rings. The number of methoxy groups -OCH3 is 1. The van der Waals surface area contributed by atoms with E-state index in [-0.39, 0.29) is 11.2 Å². The van der Waals surface area contributed by atoms with E-state index in [9.17, 15) is 14.0 Å². The summed E-state index contributed by atoms with van der Waals surface area (Å²) >= 11 is 0. The van der Waals surface area contributed by atoms with Gasteiger partial charge in [-0.2, -0.15) is 0 Å². The third-order valence-electron chi connectivity index (χ3n) is 4.43. The molecular weight excluding hydrogens is 323 g/mol. The fourth-order valence-electron chi connectivity index (χ4n) is 2.74. The lowest BCUT2D eigenvalue weighted by Gasteiger charge is -2.16. The highest BCUT2D eigenvalue weighted by atomic mass is 19.1. The van der Waals surface area contributed by atoms with Gasteiger partial charge < -0.3 is 15.4 Å². The third-order valence-corrected chi connectivity index (χ3v) is 4.43. The average molecular weight is 342 g/mol. The minimum atomic E-state index is -0.733. The maximum atomic E-state index is 13.0. The van der Waals surface area contributed by atoms with E-state index >= 15 is 0 Å². The molecule has 3 rings (SSSR count). The molecule has 25 heavy (non-hydrogen) atoms. The van der Waals surface area contributed by atoms with Crippen molar-refractivity contribution < 1.29 is 18.7 Å². The molecule has 2 amide bonds. The van der Waals surface area contributed by atoms with Gasteiger partial charge in [0.2, 0.25) is 0 Å². The molecular formula is C19H19FN2O3. The lowest BCUT2D eigenvalue weighted by Crippen LogP contribution is -2.39. The average Bonchev–Trinajstić information content (AvgIpc) is 3.41. The lowest BCUT2D eigenvalue weighted by atomic mass is 9.96. The van der Waals surface area contributed by atoms with E-state index in [1.54, 1.807) is 36.4 Å². The monoisotopic (exact) mass is 342 g/mol. The second-order valence-corrected chi connectivity index (χ2v) is 6.16. The summed E-state index contributed by atoms with van der Waals surface area (Å²) < 4.78 is 18.1. The normalized spacial score (nSPS) is 14.5. The highest BCUT2D eigenvalue weighted by Gasteiger charge is 2.44. The first-order valence-electron chi connectivity index (χ1n) is 8.02. The minimum Gasteiger partial charge on any atom is -0.497 e. The van der Waals surface area contributed by atoms with Crippen LogP contribution in [0, 0.1) is 5.82 Å². The predicted octanol–water partition coefficient (Wildman–Crippen LogP) is 2.62. The fourth-order valence-corrected chi connectivity index (χ4v) is 2.74. The molecule has 1 aliphatic rings. The van der Waals surface area contributed by atoms with Gasteiger partial charge in [-0.1, -0.05) is 18.2 Å². The summed E-state index contributed by atoms with van der Waals surface area (Å²) in [6.45, 7) is 0.350. The van der Waals surface area contributed by atoms with Crippen LogP contribution in [0.5, 0.6) is 5.75 Å². The molecule has 0 aromatic heterocycles. The Morgan fingerprint density at radius 3 is 2.48 bits per heavy atom. The van der Waals surface area contributed by atoms with Crippen LogP contribution in [0.4, 0.5) is 10.1 Å². The van der Waals surface area contributed by atoms with Crippen molar-refractivity contribution in [3.05, 3.63) is 59.9 Å². The molecule has 5 nitrogen and oxygen atoms in total. The largest absolute Gasteiger partial charge is 0.497 e. The number of anilines is 1. The number of ether oxygens (including phenoxy) is 1. The lowest BCUT2D eigenvalue weighted by molar-refractivity contribution is -0.136. The van der Waals surface area contributed by atoms with E-state index in [0.29, 0.717) is 18.0 Å². The first-order chi connectivity index (χ1) is 12.0. The second-order valence-electron chi connectivity index (χ2n) is 6.16. The Hall–Kier alpha value is -2.89. The van der Waals surface area contributed by atoms with Gasteiger partial charge in [-0.05, 0) is 42.7 Å². The number of nitrogens with one attached hydrogen (secondary N) is 2. The Morgan fingerprint density at radius 1 is 1.12 bits per heavy atom. The van der Waals surface area contributed by atoms with Gasteiger partial charge in [0.15, 0.2) is 0 Å². The number of benzene rings is 2. The number of carbonyl (C=O) groups is 2. The summed E-state index contributed by atoms with van der Waals surface area (Å²) in [6.07, 6.45) is 1.80. The molecule has 0 unspecified atom stereocenters. The smallest absolute Gasteiger partial charge is 0.313 e. The van der Waals surface area contributed by atoms with Crippen LogP contribution in [0.2, 0.25) is 0 Å². The zero-order valence-electron chi connectivity index (χ0n) is 13.8. The molecule has 0 radical (unpaired) electrons. The minimum absolute atomic E-state index is 0.195. The fraction of sp³-hybridized carbons (Fsp3) is 0.263. The first kappa shape index (κ1) is 17.0. The summed E-state index contributed by atoms with van der Waals surface area (Å²) in [5, 5.41) is 5.21. The molecule has 1 saturated carbocycles. The predicted molar refractivity (Wildman–Crippen MR) is 91.9 cm³/mol. The highest BCUT2D eigenvalue weighted by molar-refractivity contribution is 6.39. The summed E-state index contributed by atoms with van der Waals surface area (Å²) in [4.78, 5) is 24.1. The Kier molecular flexibility index (Phi) is 4.70. The standard InChI is InChI=1S/C19H19FN2O3/c1-25-16-4-2-3-15(11-16)22-18(24)17(23)21-12-19(9-10-19)13-5-7-14(20)8-6-13/h2-8,11H,9-10,12H2,1H3,(H,21,23)(H,22,24). The molecule has 1 fully saturated rings. The summed E-state index contributed by atoms with van der Waals surface area (Å²) in [7, 11) is 1.53. The van der Waals surface area contributed by atoms with Crippen molar-refractivity contribution >= 4 is 17.5 Å². The zero-order valence-corrected chi connectivity index (χ0v) is 13.8.